The number of nitrogens with zero attached hydrogens (tertiary/aromatic N) is 2. The van der Waals surface area contributed by atoms with Crippen LogP contribution in [0.4, 0.5) is 18.9 Å². The summed E-state index contributed by atoms with van der Waals surface area (Å²) in [5, 5.41) is 2.64. The van der Waals surface area contributed by atoms with Gasteiger partial charge in [-0.15, -0.1) is 37.1 Å². The van der Waals surface area contributed by atoms with E-state index in [1.807, 2.05) is 6.07 Å². The maximum Gasteiger partial charge on any atom is 0.573 e. The third kappa shape index (κ3) is 6.26. The van der Waals surface area contributed by atoms with Crippen LogP contribution in [-0.2, 0) is 19.4 Å². The van der Waals surface area contributed by atoms with Gasteiger partial charge < -0.3 is 15.8 Å². The summed E-state index contributed by atoms with van der Waals surface area (Å²) in [5.41, 5.74) is 9.03. The first kappa shape index (κ1) is 21.3. The van der Waals surface area contributed by atoms with E-state index in [1.54, 1.807) is 6.07 Å². The molecule has 0 fully saturated rings. The summed E-state index contributed by atoms with van der Waals surface area (Å²) in [6.07, 6.45) is -0.458. The minimum Gasteiger partial charge on any atom is -0.404 e. The molecule has 5 nitrogen and oxygen atoms in total. The Labute approximate surface area is 172 Å². The van der Waals surface area contributed by atoms with Crippen molar-refractivity contribution in [1.82, 2.24) is 4.98 Å². The molecule has 1 aromatic heterocycles. The minimum atomic E-state index is -4.78. The number of ether oxygens (including phenoxy) is 1. The van der Waals surface area contributed by atoms with Crippen LogP contribution in [0.1, 0.15) is 29.8 Å². The van der Waals surface area contributed by atoms with Crippen LogP contribution in [0, 0.1) is 0 Å². The molecule has 0 aliphatic heterocycles. The van der Waals surface area contributed by atoms with E-state index in [2.05, 4.69) is 26.1 Å². The zero-order chi connectivity index (χ0) is 18.6. The Kier molecular flexibility index (Phi) is 7.28. The molecule has 0 amide bonds. The Balaban J connectivity index is 0.00000261. The van der Waals surface area contributed by atoms with Crippen molar-refractivity contribution in [1.29, 1.82) is 0 Å². The molecule has 3 N–H and O–H groups in total. The first-order valence-corrected chi connectivity index (χ1v) is 8.30. The number of aromatic nitrogens is 1. The van der Waals surface area contributed by atoms with Gasteiger partial charge in [0.05, 0.1) is 17.9 Å². The number of rotatable bonds is 4. The summed E-state index contributed by atoms with van der Waals surface area (Å²) in [6.45, 7) is 0.244. The van der Waals surface area contributed by atoms with Crippen LogP contribution < -0.4 is 15.8 Å². The number of alkyl halides is 3. The van der Waals surface area contributed by atoms with Gasteiger partial charge in [0.2, 0.25) is 0 Å². The summed E-state index contributed by atoms with van der Waals surface area (Å²) in [5.74, 6) is -0.382. The number of fused-ring (bicyclic) bond motifs is 1. The zero-order valence-electron chi connectivity index (χ0n) is 14.4. The van der Waals surface area contributed by atoms with Crippen LogP contribution in [0.3, 0.4) is 0 Å². The van der Waals surface area contributed by atoms with E-state index in [4.69, 9.17) is 5.73 Å². The van der Waals surface area contributed by atoms with Gasteiger partial charge in [-0.25, -0.2) is 4.99 Å². The van der Waals surface area contributed by atoms with Gasteiger partial charge in [0, 0.05) is 5.69 Å². The number of anilines is 1. The molecule has 1 aliphatic rings. The fraction of sp³-hybridized carbons (Fsp3) is 0.333. The second-order valence-electron chi connectivity index (χ2n) is 5.99. The highest BCUT2D eigenvalue weighted by atomic mass is 127. The Morgan fingerprint density at radius 3 is 2.67 bits per heavy atom. The molecule has 27 heavy (non-hydrogen) atoms. The lowest BCUT2D eigenvalue weighted by Gasteiger charge is -2.15. The van der Waals surface area contributed by atoms with E-state index in [9.17, 15) is 13.2 Å². The molecule has 0 saturated carbocycles. The number of aryl methyl sites for hydroxylation is 2. The topological polar surface area (TPSA) is 72.5 Å². The monoisotopic (exact) mass is 492 g/mol. The van der Waals surface area contributed by atoms with Crippen LogP contribution in [0.5, 0.6) is 5.75 Å². The first-order chi connectivity index (χ1) is 12.4. The molecular weight excluding hydrogens is 472 g/mol. The molecule has 1 heterocycles. The molecule has 3 rings (SSSR count). The van der Waals surface area contributed by atoms with Gasteiger partial charge in [-0.2, -0.15) is 0 Å². The van der Waals surface area contributed by atoms with Gasteiger partial charge in [0.25, 0.3) is 0 Å². The lowest BCUT2D eigenvalue weighted by Crippen LogP contribution is -2.24. The first-order valence-electron chi connectivity index (χ1n) is 8.30. The number of nitrogens with one attached hydrogen (secondary N) is 1. The quantitative estimate of drug-likeness (QED) is 0.377. The van der Waals surface area contributed by atoms with Gasteiger partial charge in [-0.1, -0.05) is 18.2 Å². The van der Waals surface area contributed by atoms with Gasteiger partial charge >= 0.3 is 6.36 Å². The lowest BCUT2D eigenvalue weighted by atomic mass is 9.96. The number of pyridine rings is 1. The zero-order valence-corrected chi connectivity index (χ0v) is 16.8. The second kappa shape index (κ2) is 9.25. The molecule has 0 bridgehead atoms. The summed E-state index contributed by atoms with van der Waals surface area (Å²) in [4.78, 5) is 8.75. The number of para-hydroxylation sites is 2. The molecule has 0 atom stereocenters. The van der Waals surface area contributed by atoms with Crippen molar-refractivity contribution in [2.75, 3.05) is 5.32 Å². The third-order valence-corrected chi connectivity index (χ3v) is 4.02. The van der Waals surface area contributed by atoms with Crippen LogP contribution in [0.25, 0.3) is 0 Å². The maximum atomic E-state index is 12.4. The highest BCUT2D eigenvalue weighted by Gasteiger charge is 2.32. The smallest absolute Gasteiger partial charge is 0.404 e. The average molecular weight is 492 g/mol. The van der Waals surface area contributed by atoms with Crippen molar-refractivity contribution in [3.05, 3.63) is 53.3 Å². The predicted octanol–water partition coefficient (Wildman–Crippen LogP) is 4.40. The van der Waals surface area contributed by atoms with Crippen molar-refractivity contribution in [3.63, 3.8) is 0 Å². The van der Waals surface area contributed by atoms with E-state index in [0.717, 1.165) is 30.7 Å². The van der Waals surface area contributed by atoms with Gasteiger partial charge in [0.15, 0.2) is 11.7 Å². The number of guanidine groups is 1. The SMILES string of the molecule is I.NC(=NCc1ccc2c(n1)CCCC2)Nc1ccccc1OC(F)(F)F. The molecule has 2 aromatic rings. The molecule has 0 saturated heterocycles. The fourth-order valence-corrected chi connectivity index (χ4v) is 2.84. The van der Waals surface area contributed by atoms with Gasteiger partial charge in [0.1, 0.15) is 0 Å². The number of nitrogens with two attached hydrogens (primary N) is 1. The van der Waals surface area contributed by atoms with Crippen LogP contribution in [0.2, 0.25) is 0 Å². The van der Waals surface area contributed by atoms with Crippen molar-refractivity contribution in [3.8, 4) is 5.75 Å². The Morgan fingerprint density at radius 1 is 1.15 bits per heavy atom. The van der Waals surface area contributed by atoms with Crippen molar-refractivity contribution in [2.24, 2.45) is 10.7 Å². The van der Waals surface area contributed by atoms with Crippen molar-refractivity contribution < 1.29 is 17.9 Å². The molecular formula is C18H20F3IN4O. The molecule has 146 valence electrons. The van der Waals surface area contributed by atoms with E-state index in [1.165, 1.54) is 30.2 Å². The molecule has 0 radical (unpaired) electrons. The summed E-state index contributed by atoms with van der Waals surface area (Å²) in [6, 6.07) is 9.61. The molecule has 9 heteroatoms. The number of hydrogen-bond acceptors (Lipinski definition) is 3. The van der Waals surface area contributed by atoms with Crippen LogP contribution >= 0.6 is 24.0 Å². The summed E-state index contributed by atoms with van der Waals surface area (Å²) < 4.78 is 41.3. The Bertz CT molecular complexity index is 811. The standard InChI is InChI=1S/C18H19F3N4O.HI/c19-18(20,21)26-16-8-4-3-7-15(16)25-17(22)23-11-13-10-9-12-5-1-2-6-14(12)24-13;/h3-4,7-10H,1-2,5-6,11H2,(H3,22,23,25);1H. The minimum absolute atomic E-state index is 0. The van der Waals surface area contributed by atoms with E-state index in [-0.39, 0.29) is 47.9 Å². The number of halogens is 4. The summed E-state index contributed by atoms with van der Waals surface area (Å²) >= 11 is 0. The largest absolute Gasteiger partial charge is 0.573 e. The second-order valence-corrected chi connectivity index (χ2v) is 5.99. The molecule has 1 aromatic carbocycles. The number of benzene rings is 1. The highest BCUT2D eigenvalue weighted by Crippen LogP contribution is 2.29. The fourth-order valence-electron chi connectivity index (χ4n) is 2.84. The average Bonchev–Trinajstić information content (AvgIpc) is 2.60. The normalized spacial score (nSPS) is 14.1. The maximum absolute atomic E-state index is 12.4. The third-order valence-electron chi connectivity index (χ3n) is 4.02. The molecule has 0 spiro atoms. The van der Waals surface area contributed by atoms with E-state index >= 15 is 0 Å². The van der Waals surface area contributed by atoms with Crippen LogP contribution in [-0.4, -0.2) is 17.3 Å². The molecule has 1 aliphatic carbocycles. The Morgan fingerprint density at radius 2 is 1.89 bits per heavy atom. The van der Waals surface area contributed by atoms with Crippen molar-refractivity contribution in [2.45, 2.75) is 38.6 Å². The van der Waals surface area contributed by atoms with Gasteiger partial charge in [-0.3, -0.25) is 4.98 Å². The van der Waals surface area contributed by atoms with Crippen LogP contribution in [0.15, 0.2) is 41.4 Å². The van der Waals surface area contributed by atoms with Gasteiger partial charge in [-0.05, 0) is 49.4 Å². The number of aliphatic imine (C=N–C) groups is 1. The van der Waals surface area contributed by atoms with Crippen molar-refractivity contribution >= 4 is 35.6 Å². The van der Waals surface area contributed by atoms with E-state index in [0.29, 0.717) is 0 Å². The highest BCUT2D eigenvalue weighted by molar-refractivity contribution is 14.0. The molecule has 0 unspecified atom stereocenters. The predicted molar refractivity (Wildman–Crippen MR) is 108 cm³/mol. The van der Waals surface area contributed by atoms with E-state index < -0.39 is 6.36 Å². The summed E-state index contributed by atoms with van der Waals surface area (Å²) in [7, 11) is 0. The Hall–Kier alpha value is -2.04. The lowest BCUT2D eigenvalue weighted by molar-refractivity contribution is -0.274. The number of hydrogen-bond donors (Lipinski definition) is 2.